The van der Waals surface area contributed by atoms with Crippen LogP contribution in [-0.2, 0) is 0 Å². The Bertz CT molecular complexity index is 6230. The van der Waals surface area contributed by atoms with E-state index in [9.17, 15) is 51.8 Å². The third-order valence-corrected chi connectivity index (χ3v) is 21.0. The summed E-state index contributed by atoms with van der Waals surface area (Å²) in [7, 11) is -18.0. The first-order valence-electron chi connectivity index (χ1n) is 39.3. The van der Waals surface area contributed by atoms with Gasteiger partial charge in [-0.25, -0.2) is 56.2 Å². The topological polar surface area (TPSA) is 132 Å². The van der Waals surface area contributed by atoms with E-state index in [2.05, 4.69) is 0 Å². The number of fused-ring (bicyclic) bond motifs is 6. The van der Waals surface area contributed by atoms with Crippen molar-refractivity contribution < 1.29 is 51.8 Å². The van der Waals surface area contributed by atoms with Gasteiger partial charge in [0.25, 0.3) is 0 Å². The number of benzene rings is 7. The van der Waals surface area contributed by atoms with Gasteiger partial charge < -0.3 is 51.8 Å². The fourth-order valence-corrected chi connectivity index (χ4v) is 16.4. The monoisotopic (exact) mass is 1690 g/mol. The van der Waals surface area contributed by atoms with Gasteiger partial charge >= 0.3 is 55.1 Å². The Kier molecular flexibility index (Phi) is 23.2. The number of nitrogens with zero attached hydrogens (tertiary/aromatic N) is 6. The Morgan fingerprint density at radius 2 is 0.278 bits per heavy atom. The van der Waals surface area contributed by atoms with Crippen molar-refractivity contribution in [3.63, 3.8) is 0 Å². The predicted octanol–water partition coefficient (Wildman–Crippen LogP) is 22.2. The van der Waals surface area contributed by atoms with Gasteiger partial charge in [0.15, 0.2) is 0 Å². The molecule has 0 radical (unpaired) electrons. The maximum absolute atomic E-state index is 17.2. The van der Waals surface area contributed by atoms with Gasteiger partial charge in [0.1, 0.15) is 33.4 Å². The number of aromatic nitrogens is 6. The van der Waals surface area contributed by atoms with Gasteiger partial charge in [0, 0.05) is 18.2 Å². The second kappa shape index (κ2) is 34.9. The van der Waals surface area contributed by atoms with Gasteiger partial charge in [-0.2, -0.15) is 0 Å². The van der Waals surface area contributed by atoms with E-state index in [1.807, 2.05) is 382 Å². The van der Waals surface area contributed by atoms with Crippen molar-refractivity contribution in [2.45, 2.75) is 0 Å². The highest BCUT2D eigenvalue weighted by Crippen LogP contribution is 2.50. The van der Waals surface area contributed by atoms with Crippen molar-refractivity contribution in [2.24, 2.45) is 0 Å². The van der Waals surface area contributed by atoms with E-state index in [1.54, 1.807) is 27.4 Å². The van der Waals surface area contributed by atoms with Crippen LogP contribution in [0, 0.1) is 17.8 Å². The lowest BCUT2D eigenvalue weighted by molar-refractivity contribution is 0.366. The van der Waals surface area contributed by atoms with Crippen molar-refractivity contribution >= 4 is 21.8 Å². The maximum atomic E-state index is 17.2. The molecule has 12 aliphatic rings. The number of para-hydroxylation sites is 6. The van der Waals surface area contributed by atoms with Crippen LogP contribution in [0.4, 0.5) is 51.8 Å². The quantitative estimate of drug-likeness (QED) is 0.0570. The Morgan fingerprint density at radius 3 is 0.405 bits per heavy atom. The summed E-state index contributed by atoms with van der Waals surface area (Å²) in [5, 5.41) is 0. The molecule has 0 spiro atoms. The van der Waals surface area contributed by atoms with E-state index >= 15 is 28.8 Å². The summed E-state index contributed by atoms with van der Waals surface area (Å²) in [6.07, 6.45) is 0. The first-order valence-corrected chi connectivity index (χ1v) is 39.3. The third kappa shape index (κ3) is 16.7. The number of hydrogen-bond donors (Lipinski definition) is 0. The molecule has 27 heteroatoms. The lowest BCUT2D eigenvalue weighted by atomic mass is 9.75. The first-order chi connectivity index (χ1) is 60.7. The molecule has 0 bridgehead atoms. The first kappa shape index (κ1) is 83.7. The number of rotatable bonds is 15. The summed E-state index contributed by atoms with van der Waals surface area (Å²) in [4.78, 5) is 103. The molecular formula is C99H63B3F12N6O6. The molecule has 6 aliphatic carbocycles. The zero-order chi connectivity index (χ0) is 88.3. The molecule has 19 rings (SSSR count). The standard InChI is InChI=1S/C99H63N6O6.3BF4/c106-94-88(73-49-25-7-31-55-79(73)100(94)67-37-13-1-14-38-67)85(89-74-50-26-8-32-56-80(74)101(95(89)107)68-39-15-2-16-40-68)64-61-65(86(90-75-51-27-9-33-57-81(75)102(96(90)108)69-41-17-3-18-42-69)91-76-52-28-10-34-58-82(76)103(97(91)109)70-43-19-4-20-44-70)63-66(62-64)87(92-77-53-29-11-35-59-83(77)104(98(92)110)71-45-21-5-22-46-71)93-78-54-30-12-36-60-84(78)105(99(93)111)72-47-23-6-24-48-72;3*2-1(3,4)5/h1-63H;;;/q+3;3*-1. The van der Waals surface area contributed by atoms with Crippen LogP contribution in [0.2, 0.25) is 0 Å². The largest absolute Gasteiger partial charge is 0.673 e. The van der Waals surface area contributed by atoms with Crippen molar-refractivity contribution in [2.75, 3.05) is 0 Å². The highest BCUT2D eigenvalue weighted by molar-refractivity contribution is 6.50. The van der Waals surface area contributed by atoms with Crippen LogP contribution in [0.3, 0.4) is 0 Å². The zero-order valence-electron chi connectivity index (χ0n) is 65.8. The number of hydrogen-bond acceptors (Lipinski definition) is 6. The molecule has 6 aliphatic heterocycles. The molecule has 618 valence electrons. The average molecular weight is 1690 g/mol. The summed E-state index contributed by atoms with van der Waals surface area (Å²) in [6.45, 7) is 0. The molecule has 126 heavy (non-hydrogen) atoms. The van der Waals surface area contributed by atoms with E-state index < -0.39 is 55.1 Å². The summed E-state index contributed by atoms with van der Waals surface area (Å²) >= 11 is 0. The maximum Gasteiger partial charge on any atom is 0.673 e. The molecule has 0 saturated heterocycles. The van der Waals surface area contributed by atoms with Gasteiger partial charge in [-0.1, -0.05) is 218 Å². The molecule has 0 saturated carbocycles. The van der Waals surface area contributed by atoms with E-state index in [0.717, 1.165) is 0 Å². The Balaban J connectivity index is 0.000000722. The predicted molar refractivity (Wildman–Crippen MR) is 471 cm³/mol. The van der Waals surface area contributed by atoms with Crippen molar-refractivity contribution in [1.29, 1.82) is 0 Å². The second-order valence-electron chi connectivity index (χ2n) is 28.8. The lowest BCUT2D eigenvalue weighted by Gasteiger charge is -2.19. The van der Waals surface area contributed by atoms with E-state index in [1.165, 1.54) is 0 Å². The molecule has 6 heterocycles. The SMILES string of the molecule is F[B-](F)(F)F.F[B-](F)(F)F.F[B-](F)(F)F.O=c1c([C+](c2cc([C+](c3c4cccccc-4n(-c4ccccc4)c3=O)c3c4cccccc-4n(-c4ccccc4)c3=O)cc([C+](c3c4cccccc-4n(-c4ccccc4)c3=O)c3c4cccccc-4n(-c4ccccc4)c3=O)c2)c2c3cccccc-3n(-c3ccccc3)c2=O)c2cccccc-2n1-c1ccccc1. The van der Waals surface area contributed by atoms with Gasteiger partial charge in [0.05, 0.1) is 136 Å². The molecule has 0 aromatic heterocycles. The van der Waals surface area contributed by atoms with Gasteiger partial charge in [-0.15, -0.1) is 0 Å². The van der Waals surface area contributed by atoms with E-state index in [-0.39, 0.29) is 67.8 Å². The minimum atomic E-state index is -6.00. The molecule has 0 atom stereocenters. The summed E-state index contributed by atoms with van der Waals surface area (Å²) in [6, 6.07) is 118. The van der Waals surface area contributed by atoms with Gasteiger partial charge in [-0.3, -0.25) is 0 Å². The molecule has 12 nitrogen and oxygen atoms in total. The highest BCUT2D eigenvalue weighted by atomic mass is 19.5. The van der Waals surface area contributed by atoms with Crippen LogP contribution >= 0.6 is 0 Å². The highest BCUT2D eigenvalue weighted by Gasteiger charge is 2.48. The fourth-order valence-electron chi connectivity index (χ4n) is 16.4. The molecule has 0 fully saturated rings. The van der Waals surface area contributed by atoms with Crippen LogP contribution in [0.25, 0.3) is 102 Å². The van der Waals surface area contributed by atoms with Gasteiger partial charge in [0.2, 0.25) is 0 Å². The number of halogens is 12. The fraction of sp³-hybridized carbons (Fsp3) is 0. The van der Waals surface area contributed by atoms with Crippen molar-refractivity contribution in [1.82, 2.24) is 27.4 Å². The van der Waals surface area contributed by atoms with Crippen molar-refractivity contribution in [3.8, 4) is 102 Å². The Morgan fingerprint density at radius 1 is 0.167 bits per heavy atom. The minimum absolute atomic E-state index is 0.135. The van der Waals surface area contributed by atoms with Crippen LogP contribution in [0.15, 0.2) is 411 Å². The average Bonchev–Trinajstić information content (AvgIpc) is 1.55. The van der Waals surface area contributed by atoms with Crippen LogP contribution in [-0.4, -0.2) is 49.2 Å². The molecule has 0 amide bonds. The third-order valence-electron chi connectivity index (χ3n) is 21.0. The minimum Gasteiger partial charge on any atom is -0.418 e. The second-order valence-corrected chi connectivity index (χ2v) is 28.8. The molecular weight excluding hydrogens is 1630 g/mol. The molecule has 7 aromatic carbocycles. The summed E-state index contributed by atoms with van der Waals surface area (Å²) in [5.41, 5.74) is 8.03. The Hall–Kier alpha value is -15.9. The van der Waals surface area contributed by atoms with Gasteiger partial charge in [-0.05, 0) is 146 Å². The smallest absolute Gasteiger partial charge is 0.418 e. The van der Waals surface area contributed by atoms with Crippen molar-refractivity contribution in [3.05, 3.63) is 512 Å². The zero-order valence-corrected chi connectivity index (χ0v) is 65.8. The molecule has 0 unspecified atom stereocenters. The lowest BCUT2D eigenvalue weighted by Crippen LogP contribution is -2.27. The van der Waals surface area contributed by atoms with E-state index in [4.69, 9.17) is 0 Å². The normalized spacial score (nSPS) is 11.5. The van der Waals surface area contributed by atoms with E-state index in [0.29, 0.717) is 102 Å². The summed E-state index contributed by atoms with van der Waals surface area (Å²) in [5.74, 6) is 0.515. The van der Waals surface area contributed by atoms with Crippen LogP contribution in [0.5, 0.6) is 0 Å². The Labute approximate surface area is 711 Å². The molecule has 7 aromatic rings. The summed E-state index contributed by atoms with van der Waals surface area (Å²) < 4.78 is 127. The van der Waals surface area contributed by atoms with Crippen LogP contribution in [0.1, 0.15) is 50.1 Å². The molecule has 0 N–H and O–H groups in total. The van der Waals surface area contributed by atoms with Crippen LogP contribution < -0.4 is 33.4 Å².